The maximum absolute atomic E-state index is 12.0. The van der Waals surface area contributed by atoms with Gasteiger partial charge in [0.15, 0.2) is 4.87 Å². The molecule has 2 fully saturated rings. The van der Waals surface area contributed by atoms with Gasteiger partial charge < -0.3 is 4.74 Å². The highest BCUT2D eigenvalue weighted by atomic mass is 35.5. The summed E-state index contributed by atoms with van der Waals surface area (Å²) in [4.78, 5) is 16.8. The Labute approximate surface area is 138 Å². The monoisotopic (exact) mass is 382 g/mol. The first-order valence-corrected chi connectivity index (χ1v) is 7.43. The van der Waals surface area contributed by atoms with Crippen LogP contribution in [0, 0.1) is 0 Å². The van der Waals surface area contributed by atoms with E-state index < -0.39 is 31.4 Å². The zero-order chi connectivity index (χ0) is 14.4. The van der Waals surface area contributed by atoms with Crippen molar-refractivity contribution in [3.63, 3.8) is 0 Å². The third-order valence-corrected chi connectivity index (χ3v) is 8.50. The van der Waals surface area contributed by atoms with Gasteiger partial charge in [0.2, 0.25) is 4.87 Å². The molecular weight excluding hydrogens is 381 g/mol. The molecule has 3 aliphatic rings. The normalized spacial score (nSPS) is 52.5. The smallest absolute Gasteiger partial charge is 0.343 e. The molecule has 0 N–H and O–H groups in total. The van der Waals surface area contributed by atoms with Crippen LogP contribution in [0.25, 0.3) is 0 Å². The average molecular weight is 385 g/mol. The molecule has 0 spiro atoms. The number of halogens is 6. The van der Waals surface area contributed by atoms with Gasteiger partial charge in [0.05, 0.1) is 10.1 Å². The first-order valence-electron chi connectivity index (χ1n) is 5.16. The number of rotatable bonds is 0. The number of ether oxygens (including phenoxy) is 1. The predicted molar refractivity (Wildman–Crippen MR) is 73.4 cm³/mol. The Hall–Kier alpha value is 0.620. The molecule has 0 bridgehead atoms. The molecule has 1 aliphatic heterocycles. The Morgan fingerprint density at radius 1 is 0.895 bits per heavy atom. The molecule has 0 aromatic carbocycles. The zero-order valence-corrected chi connectivity index (χ0v) is 13.4. The van der Waals surface area contributed by atoms with E-state index in [9.17, 15) is 9.59 Å². The van der Waals surface area contributed by atoms with Crippen LogP contribution in [0.15, 0.2) is 10.1 Å². The summed E-state index contributed by atoms with van der Waals surface area (Å²) < 4.78 is 4.53. The Bertz CT molecular complexity index is 576. The average Bonchev–Trinajstić information content (AvgIpc) is 2.55. The van der Waals surface area contributed by atoms with Gasteiger partial charge in [-0.3, -0.25) is 0 Å². The van der Waals surface area contributed by atoms with Crippen molar-refractivity contribution < 1.29 is 14.3 Å². The van der Waals surface area contributed by atoms with E-state index >= 15 is 0 Å². The second-order valence-corrected chi connectivity index (χ2v) is 7.90. The number of alkyl halides is 4. The maximum atomic E-state index is 12.0. The Morgan fingerprint density at radius 3 is 1.95 bits per heavy atom. The molecule has 2 aliphatic carbocycles. The van der Waals surface area contributed by atoms with Gasteiger partial charge in [0.1, 0.15) is 9.75 Å². The molecule has 0 aromatic heterocycles. The molecule has 1 heterocycles. The van der Waals surface area contributed by atoms with Gasteiger partial charge in [-0.2, -0.15) is 0 Å². The van der Waals surface area contributed by atoms with E-state index in [0.29, 0.717) is 6.42 Å². The molecule has 0 aromatic rings. The first kappa shape index (κ1) is 14.6. The summed E-state index contributed by atoms with van der Waals surface area (Å²) >= 11 is 37.4. The van der Waals surface area contributed by atoms with Gasteiger partial charge in [-0.25, -0.2) is 9.59 Å². The van der Waals surface area contributed by atoms with Crippen molar-refractivity contribution in [1.29, 1.82) is 0 Å². The van der Waals surface area contributed by atoms with E-state index in [0.717, 1.165) is 0 Å². The Balaban J connectivity index is 2.41. The lowest BCUT2D eigenvalue weighted by Gasteiger charge is -2.61. The lowest BCUT2D eigenvalue weighted by atomic mass is 9.58. The summed E-state index contributed by atoms with van der Waals surface area (Å²) in [5.41, 5.74) is 0. The SMILES string of the molecule is O=C1OC(=O)C2(Cl)C1(Cl)C(Cl)=C(Cl)C1(Cl)CCC12Cl. The van der Waals surface area contributed by atoms with Crippen LogP contribution in [0.3, 0.4) is 0 Å². The lowest BCUT2D eigenvalue weighted by molar-refractivity contribution is -0.153. The van der Waals surface area contributed by atoms with Crippen LogP contribution in [0.4, 0.5) is 0 Å². The van der Waals surface area contributed by atoms with E-state index in [1.807, 2.05) is 0 Å². The molecule has 4 unspecified atom stereocenters. The van der Waals surface area contributed by atoms with E-state index in [4.69, 9.17) is 69.6 Å². The summed E-state index contributed by atoms with van der Waals surface area (Å²) in [7, 11) is 0. The quantitative estimate of drug-likeness (QED) is 0.365. The van der Waals surface area contributed by atoms with Gasteiger partial charge >= 0.3 is 11.9 Å². The fourth-order valence-electron chi connectivity index (χ4n) is 2.80. The van der Waals surface area contributed by atoms with Crippen LogP contribution in [-0.2, 0) is 14.3 Å². The molecule has 0 radical (unpaired) electrons. The Morgan fingerprint density at radius 2 is 1.47 bits per heavy atom. The van der Waals surface area contributed by atoms with Crippen molar-refractivity contribution >= 4 is 81.5 Å². The number of hydrogen-bond donors (Lipinski definition) is 0. The van der Waals surface area contributed by atoms with Gasteiger partial charge in [-0.05, 0) is 12.8 Å². The zero-order valence-electron chi connectivity index (χ0n) is 8.91. The van der Waals surface area contributed by atoms with Crippen LogP contribution in [0.2, 0.25) is 0 Å². The van der Waals surface area contributed by atoms with E-state index in [-0.39, 0.29) is 16.5 Å². The molecule has 1 saturated carbocycles. The maximum Gasteiger partial charge on any atom is 0.343 e. The van der Waals surface area contributed by atoms with Crippen LogP contribution in [0.1, 0.15) is 12.8 Å². The third-order valence-electron chi connectivity index (χ3n) is 4.05. The minimum Gasteiger partial charge on any atom is -0.390 e. The van der Waals surface area contributed by atoms with E-state index in [1.165, 1.54) is 0 Å². The second-order valence-electron chi connectivity index (χ2n) is 4.72. The topological polar surface area (TPSA) is 43.4 Å². The van der Waals surface area contributed by atoms with Crippen LogP contribution >= 0.6 is 69.6 Å². The third kappa shape index (κ3) is 1.16. The minimum absolute atomic E-state index is 0.0741. The summed E-state index contributed by atoms with van der Waals surface area (Å²) in [6, 6.07) is 0. The van der Waals surface area contributed by atoms with E-state index in [1.54, 1.807) is 0 Å². The second kappa shape index (κ2) is 3.68. The number of esters is 2. The minimum atomic E-state index is -2.15. The summed E-state index contributed by atoms with van der Waals surface area (Å²) in [6.45, 7) is 0. The number of allylic oxidation sites excluding steroid dienone is 1. The molecule has 3 nitrogen and oxygen atoms in total. The molecule has 0 amide bonds. The Kier molecular flexibility index (Phi) is 2.82. The number of fused-ring (bicyclic) bond motifs is 3. The largest absolute Gasteiger partial charge is 0.390 e. The highest BCUT2D eigenvalue weighted by Crippen LogP contribution is 2.73. The molecule has 104 valence electrons. The van der Waals surface area contributed by atoms with Gasteiger partial charge in [-0.1, -0.05) is 34.8 Å². The number of carbonyl (C=O) groups is 2. The van der Waals surface area contributed by atoms with Crippen molar-refractivity contribution in [3.8, 4) is 0 Å². The fourth-order valence-corrected chi connectivity index (χ4v) is 5.63. The van der Waals surface area contributed by atoms with E-state index in [2.05, 4.69) is 4.74 Å². The fraction of sp³-hybridized carbons (Fsp3) is 0.600. The summed E-state index contributed by atoms with van der Waals surface area (Å²) in [6.07, 6.45) is 0.606. The highest BCUT2D eigenvalue weighted by Gasteiger charge is 2.87. The molecular formula is C10H4Cl6O3. The number of carbonyl (C=O) groups excluding carboxylic acids is 2. The molecule has 9 heteroatoms. The van der Waals surface area contributed by atoms with Gasteiger partial charge in [-0.15, -0.1) is 34.8 Å². The van der Waals surface area contributed by atoms with Crippen molar-refractivity contribution in [1.82, 2.24) is 0 Å². The van der Waals surface area contributed by atoms with Crippen molar-refractivity contribution in [2.24, 2.45) is 0 Å². The predicted octanol–water partition coefficient (Wildman–Crippen LogP) is 3.48. The summed E-state index contributed by atoms with van der Waals surface area (Å²) in [5.74, 6) is -2.15. The van der Waals surface area contributed by atoms with Gasteiger partial charge in [0, 0.05) is 0 Å². The van der Waals surface area contributed by atoms with Crippen LogP contribution in [0.5, 0.6) is 0 Å². The molecule has 19 heavy (non-hydrogen) atoms. The van der Waals surface area contributed by atoms with Crippen LogP contribution in [-0.4, -0.2) is 31.4 Å². The molecule has 4 atom stereocenters. The first-order chi connectivity index (χ1) is 8.57. The lowest BCUT2D eigenvalue weighted by Crippen LogP contribution is -2.76. The molecule has 3 rings (SSSR count). The van der Waals surface area contributed by atoms with Crippen molar-refractivity contribution in [2.45, 2.75) is 32.3 Å². The highest BCUT2D eigenvalue weighted by molar-refractivity contribution is 6.64. The number of hydrogen-bond acceptors (Lipinski definition) is 3. The van der Waals surface area contributed by atoms with Crippen molar-refractivity contribution in [3.05, 3.63) is 10.1 Å². The summed E-state index contributed by atoms with van der Waals surface area (Å²) in [5, 5.41) is -0.386. The van der Waals surface area contributed by atoms with Crippen LogP contribution < -0.4 is 0 Å². The standard InChI is InChI=1S/C10H4Cl6O3/c11-3-4(12)9(15)5(17)19-6(18)10(9,16)8(14)2-1-7(3,8)13/h1-2H2. The van der Waals surface area contributed by atoms with Crippen molar-refractivity contribution in [2.75, 3.05) is 0 Å². The van der Waals surface area contributed by atoms with Gasteiger partial charge in [0.25, 0.3) is 0 Å². The number of cyclic esters (lactones) is 2. The molecule has 1 saturated heterocycles.